The van der Waals surface area contributed by atoms with Crippen molar-refractivity contribution in [2.24, 2.45) is 0 Å². The number of hydrogen-bond donors (Lipinski definition) is 1. The van der Waals surface area contributed by atoms with Crippen molar-refractivity contribution >= 4 is 10.1 Å². The maximum atomic E-state index is 12.4. The van der Waals surface area contributed by atoms with Gasteiger partial charge in [-0.3, -0.25) is 4.18 Å². The van der Waals surface area contributed by atoms with Crippen LogP contribution in [-0.2, 0) is 33.2 Å². The van der Waals surface area contributed by atoms with Gasteiger partial charge >= 0.3 is 0 Å². The number of aryl methyl sites for hydroxylation is 1. The second kappa shape index (κ2) is 7.16. The van der Waals surface area contributed by atoms with Crippen molar-refractivity contribution in [3.8, 4) is 0 Å². The molecule has 0 radical (unpaired) electrons. The Kier molecular flexibility index (Phi) is 5.42. The fraction of sp³-hybridized carbons (Fsp3) is 0.647. The highest BCUT2D eigenvalue weighted by Crippen LogP contribution is 2.37. The van der Waals surface area contributed by atoms with Crippen LogP contribution in [0.1, 0.15) is 19.4 Å². The van der Waals surface area contributed by atoms with Gasteiger partial charge in [0.25, 0.3) is 10.1 Å². The van der Waals surface area contributed by atoms with E-state index in [1.165, 1.54) is 19.2 Å². The van der Waals surface area contributed by atoms with Gasteiger partial charge in [-0.25, -0.2) is 0 Å². The third-order valence-corrected chi connectivity index (χ3v) is 5.68. The molecule has 146 valence electrons. The Morgan fingerprint density at radius 3 is 2.38 bits per heavy atom. The summed E-state index contributed by atoms with van der Waals surface area (Å²) in [5.41, 5.74) is 0.943. The van der Waals surface area contributed by atoms with Crippen molar-refractivity contribution in [3.05, 3.63) is 29.8 Å². The summed E-state index contributed by atoms with van der Waals surface area (Å²) in [4.78, 5) is 0.0581. The van der Waals surface area contributed by atoms with Crippen molar-refractivity contribution < 1.29 is 36.7 Å². The quantitative estimate of drug-likeness (QED) is 0.745. The molecule has 2 aliphatic heterocycles. The van der Waals surface area contributed by atoms with Gasteiger partial charge in [0.1, 0.15) is 24.4 Å². The Morgan fingerprint density at radius 2 is 1.77 bits per heavy atom. The highest BCUT2D eigenvalue weighted by molar-refractivity contribution is 7.86. The molecular weight excluding hydrogens is 364 g/mol. The molecule has 0 bridgehead atoms. The molecule has 9 heteroatoms. The zero-order valence-corrected chi connectivity index (χ0v) is 15.9. The molecule has 26 heavy (non-hydrogen) atoms. The molecule has 3 rings (SSSR count). The molecule has 0 saturated carbocycles. The average molecular weight is 388 g/mol. The summed E-state index contributed by atoms with van der Waals surface area (Å²) in [5, 5.41) is 10.3. The Morgan fingerprint density at radius 1 is 1.15 bits per heavy atom. The number of benzene rings is 1. The molecule has 1 aromatic rings. The van der Waals surface area contributed by atoms with Gasteiger partial charge in [0.05, 0.1) is 11.5 Å². The van der Waals surface area contributed by atoms with Crippen LogP contribution in [-0.4, -0.2) is 63.7 Å². The smallest absolute Gasteiger partial charge is 0.297 e. The van der Waals surface area contributed by atoms with Gasteiger partial charge in [-0.15, -0.1) is 0 Å². The Bertz CT molecular complexity index is 730. The molecule has 2 heterocycles. The molecule has 0 aliphatic carbocycles. The first-order valence-corrected chi connectivity index (χ1v) is 9.72. The topological polar surface area (TPSA) is 101 Å². The number of rotatable bonds is 5. The van der Waals surface area contributed by atoms with Crippen LogP contribution in [0.5, 0.6) is 0 Å². The van der Waals surface area contributed by atoms with Crippen LogP contribution in [0.4, 0.5) is 0 Å². The van der Waals surface area contributed by atoms with Gasteiger partial charge in [0.15, 0.2) is 12.1 Å². The molecule has 2 saturated heterocycles. The Hall–Kier alpha value is -1.07. The van der Waals surface area contributed by atoms with Gasteiger partial charge in [-0.1, -0.05) is 17.7 Å². The third kappa shape index (κ3) is 3.94. The fourth-order valence-electron chi connectivity index (χ4n) is 3.11. The summed E-state index contributed by atoms with van der Waals surface area (Å²) in [5.74, 6) is -0.934. The predicted molar refractivity (Wildman–Crippen MR) is 89.8 cm³/mol. The lowest BCUT2D eigenvalue weighted by molar-refractivity contribution is -0.272. The number of hydrogen-bond acceptors (Lipinski definition) is 8. The third-order valence-electron chi connectivity index (χ3n) is 4.38. The molecule has 1 aromatic carbocycles. The normalized spacial score (nSPS) is 33.8. The monoisotopic (exact) mass is 388 g/mol. The van der Waals surface area contributed by atoms with Crippen LogP contribution in [0, 0.1) is 6.92 Å². The van der Waals surface area contributed by atoms with E-state index in [1.54, 1.807) is 26.0 Å². The zero-order valence-electron chi connectivity index (χ0n) is 15.1. The number of aliphatic hydroxyl groups is 1. The summed E-state index contributed by atoms with van der Waals surface area (Å²) in [6, 6.07) is 6.35. The maximum absolute atomic E-state index is 12.4. The summed E-state index contributed by atoms with van der Waals surface area (Å²) in [6.45, 7) is 4.99. The molecule has 1 N–H and O–H groups in total. The first kappa shape index (κ1) is 19.7. The van der Waals surface area contributed by atoms with Crippen LogP contribution in [0.25, 0.3) is 0 Å². The van der Waals surface area contributed by atoms with Gasteiger partial charge in [-0.2, -0.15) is 8.42 Å². The average Bonchev–Trinajstić information content (AvgIpc) is 2.91. The molecular formula is C17H24O8S. The summed E-state index contributed by atoms with van der Waals surface area (Å²) < 4.78 is 52.2. The van der Waals surface area contributed by atoms with Crippen LogP contribution in [0.2, 0.25) is 0 Å². The summed E-state index contributed by atoms with van der Waals surface area (Å²) in [7, 11) is -2.57. The minimum absolute atomic E-state index is 0.0581. The predicted octanol–water partition coefficient (Wildman–Crippen LogP) is 0.953. The van der Waals surface area contributed by atoms with E-state index >= 15 is 0 Å². The van der Waals surface area contributed by atoms with E-state index in [0.29, 0.717) is 0 Å². The van der Waals surface area contributed by atoms with Crippen LogP contribution in [0.3, 0.4) is 0 Å². The van der Waals surface area contributed by atoms with E-state index in [-0.39, 0.29) is 11.5 Å². The molecule has 0 aromatic heterocycles. The number of ether oxygens (including phenoxy) is 4. The van der Waals surface area contributed by atoms with Crippen LogP contribution >= 0.6 is 0 Å². The second-order valence-corrected chi connectivity index (χ2v) is 8.50. The van der Waals surface area contributed by atoms with Crippen molar-refractivity contribution in [2.45, 2.75) is 62.2 Å². The largest absolute Gasteiger partial charge is 0.385 e. The fourth-order valence-corrected chi connectivity index (χ4v) is 4.03. The maximum Gasteiger partial charge on any atom is 0.297 e. The number of methoxy groups -OCH3 is 1. The van der Waals surface area contributed by atoms with Crippen LogP contribution < -0.4 is 0 Å². The molecule has 0 spiro atoms. The zero-order chi connectivity index (χ0) is 19.1. The van der Waals surface area contributed by atoms with Gasteiger partial charge in [-0.05, 0) is 32.9 Å². The SMILES string of the molecule is CO[C@@H]1O[C@H](COS(=O)(=O)c2ccc(C)cc2)[C@H]2OC(C)(C)O[C@@H]2[C@H]1O. The lowest BCUT2D eigenvalue weighted by atomic mass is 9.99. The van der Waals surface area contributed by atoms with Crippen molar-refractivity contribution in [1.82, 2.24) is 0 Å². The first-order valence-electron chi connectivity index (χ1n) is 8.31. The van der Waals surface area contributed by atoms with Gasteiger partial charge in [0, 0.05) is 7.11 Å². The van der Waals surface area contributed by atoms with Gasteiger partial charge in [0.2, 0.25) is 0 Å². The van der Waals surface area contributed by atoms with E-state index < -0.39 is 46.6 Å². The van der Waals surface area contributed by atoms with E-state index in [1.807, 2.05) is 6.92 Å². The number of fused-ring (bicyclic) bond motifs is 1. The summed E-state index contributed by atoms with van der Waals surface area (Å²) in [6.07, 6.45) is -4.20. The Labute approximate surface area is 153 Å². The molecule has 2 fully saturated rings. The standard InChI is InChI=1S/C17H24O8S/c1-10-5-7-11(8-6-10)26(19,20)22-9-12-14-15(25-17(2,3)24-14)13(18)16(21-4)23-12/h5-8,12-16,18H,9H2,1-4H3/t12-,13-,14-,15-,16-/m1/s1. The van der Waals surface area contributed by atoms with E-state index in [4.69, 9.17) is 23.1 Å². The van der Waals surface area contributed by atoms with Crippen molar-refractivity contribution in [2.75, 3.05) is 13.7 Å². The lowest BCUT2D eigenvalue weighted by Crippen LogP contribution is -2.58. The van der Waals surface area contributed by atoms with E-state index in [0.717, 1.165) is 5.56 Å². The van der Waals surface area contributed by atoms with Crippen molar-refractivity contribution in [1.29, 1.82) is 0 Å². The van der Waals surface area contributed by atoms with Crippen molar-refractivity contribution in [3.63, 3.8) is 0 Å². The highest BCUT2D eigenvalue weighted by Gasteiger charge is 2.55. The van der Waals surface area contributed by atoms with Gasteiger partial charge < -0.3 is 24.1 Å². The minimum atomic E-state index is -3.95. The summed E-state index contributed by atoms with van der Waals surface area (Å²) >= 11 is 0. The van der Waals surface area contributed by atoms with E-state index in [9.17, 15) is 13.5 Å². The Balaban J connectivity index is 1.74. The first-order chi connectivity index (χ1) is 12.1. The molecule has 8 nitrogen and oxygen atoms in total. The number of aliphatic hydroxyl groups excluding tert-OH is 1. The lowest BCUT2D eigenvalue weighted by Gasteiger charge is -2.38. The molecule has 5 atom stereocenters. The second-order valence-electron chi connectivity index (χ2n) is 6.89. The molecule has 0 unspecified atom stereocenters. The highest BCUT2D eigenvalue weighted by atomic mass is 32.2. The minimum Gasteiger partial charge on any atom is -0.385 e. The molecule has 2 aliphatic rings. The molecule has 0 amide bonds. The van der Waals surface area contributed by atoms with E-state index in [2.05, 4.69) is 0 Å². The van der Waals surface area contributed by atoms with Crippen LogP contribution in [0.15, 0.2) is 29.2 Å².